The van der Waals surface area contributed by atoms with Crippen LogP contribution in [0.4, 0.5) is 0 Å². The Hall–Kier alpha value is -2.13. The second kappa shape index (κ2) is 7.18. The first-order valence-corrected chi connectivity index (χ1v) is 9.16. The van der Waals surface area contributed by atoms with Crippen LogP contribution < -0.4 is 9.47 Å². The molecule has 1 fully saturated rings. The summed E-state index contributed by atoms with van der Waals surface area (Å²) >= 11 is 0. The highest BCUT2D eigenvalue weighted by molar-refractivity contribution is 7.88. The van der Waals surface area contributed by atoms with Gasteiger partial charge in [-0.15, -0.1) is 0 Å². The Kier molecular flexibility index (Phi) is 5.00. The minimum atomic E-state index is -3.62. The van der Waals surface area contributed by atoms with Crippen LogP contribution in [0.25, 0.3) is 0 Å². The first-order chi connectivity index (χ1) is 11.6. The fourth-order valence-electron chi connectivity index (χ4n) is 2.73. The maximum Gasteiger partial charge on any atom is 0.278 e. The summed E-state index contributed by atoms with van der Waals surface area (Å²) in [5.74, 6) is 1.57. The lowest BCUT2D eigenvalue weighted by molar-refractivity contribution is 0.179. The Labute approximate surface area is 140 Å². The van der Waals surface area contributed by atoms with E-state index < -0.39 is 10.0 Å². The minimum Gasteiger partial charge on any atom is -0.497 e. The molecule has 9 heteroatoms. The summed E-state index contributed by atoms with van der Waals surface area (Å²) in [6.07, 6.45) is 2.91. The van der Waals surface area contributed by atoms with Crippen molar-refractivity contribution >= 4 is 10.0 Å². The van der Waals surface area contributed by atoms with Gasteiger partial charge in [0.25, 0.3) is 15.2 Å². The first-order valence-electron chi connectivity index (χ1n) is 7.72. The molecule has 1 N–H and O–H groups in total. The summed E-state index contributed by atoms with van der Waals surface area (Å²) in [4.78, 5) is 3.76. The summed E-state index contributed by atoms with van der Waals surface area (Å²) in [6.45, 7) is 1.35. The van der Waals surface area contributed by atoms with Crippen LogP contribution in [0.2, 0.25) is 0 Å². The van der Waals surface area contributed by atoms with Crippen molar-refractivity contribution in [2.45, 2.75) is 18.0 Å². The van der Waals surface area contributed by atoms with Gasteiger partial charge in [-0.05, 0) is 25.0 Å². The number of hydrogen-bond acceptors (Lipinski definition) is 6. The summed E-state index contributed by atoms with van der Waals surface area (Å²) in [5, 5.41) is 5.93. The smallest absolute Gasteiger partial charge is 0.278 e. The number of nitrogens with zero attached hydrogens (tertiary/aromatic N) is 3. The first kappa shape index (κ1) is 16.7. The van der Waals surface area contributed by atoms with Crippen LogP contribution in [0.15, 0.2) is 35.7 Å². The van der Waals surface area contributed by atoms with Crippen LogP contribution in [0.1, 0.15) is 12.8 Å². The Morgan fingerprint density at radius 2 is 2.21 bits per heavy atom. The average Bonchev–Trinajstić information content (AvgIpc) is 3.16. The van der Waals surface area contributed by atoms with Gasteiger partial charge in [0.15, 0.2) is 0 Å². The van der Waals surface area contributed by atoms with E-state index in [2.05, 4.69) is 15.2 Å². The van der Waals surface area contributed by atoms with Gasteiger partial charge < -0.3 is 9.47 Å². The van der Waals surface area contributed by atoms with E-state index in [9.17, 15) is 8.42 Å². The third-order valence-corrected chi connectivity index (χ3v) is 5.68. The topological polar surface area (TPSA) is 97.4 Å². The van der Waals surface area contributed by atoms with Crippen LogP contribution in [0.3, 0.4) is 0 Å². The van der Waals surface area contributed by atoms with Crippen LogP contribution in [-0.4, -0.2) is 54.7 Å². The number of rotatable bonds is 6. The number of ether oxygens (including phenoxy) is 2. The van der Waals surface area contributed by atoms with Crippen LogP contribution in [0, 0.1) is 5.92 Å². The second-order valence-electron chi connectivity index (χ2n) is 5.65. The zero-order valence-electron chi connectivity index (χ0n) is 13.4. The predicted molar refractivity (Wildman–Crippen MR) is 86.4 cm³/mol. The fraction of sp³-hybridized carbons (Fsp3) is 0.467. The monoisotopic (exact) mass is 352 g/mol. The molecule has 1 aliphatic heterocycles. The van der Waals surface area contributed by atoms with Gasteiger partial charge in [-0.25, -0.2) is 18.5 Å². The Morgan fingerprint density at radius 1 is 1.38 bits per heavy atom. The molecule has 0 aliphatic carbocycles. The van der Waals surface area contributed by atoms with Gasteiger partial charge in [0.05, 0.1) is 13.7 Å². The van der Waals surface area contributed by atoms with E-state index in [-0.39, 0.29) is 11.1 Å². The van der Waals surface area contributed by atoms with Crippen molar-refractivity contribution < 1.29 is 17.9 Å². The molecule has 0 radical (unpaired) electrons. The molecule has 24 heavy (non-hydrogen) atoms. The lowest BCUT2D eigenvalue weighted by Crippen LogP contribution is -2.41. The zero-order chi connectivity index (χ0) is 17.0. The molecule has 1 aromatic heterocycles. The van der Waals surface area contributed by atoms with Crippen LogP contribution >= 0.6 is 0 Å². The predicted octanol–water partition coefficient (Wildman–Crippen LogP) is 1.29. The molecular weight excluding hydrogens is 332 g/mol. The summed E-state index contributed by atoms with van der Waals surface area (Å²) < 4.78 is 37.4. The number of hydrogen-bond donors (Lipinski definition) is 1. The average molecular weight is 352 g/mol. The quantitative estimate of drug-likeness (QED) is 0.841. The number of aromatic amines is 1. The van der Waals surface area contributed by atoms with E-state index in [1.165, 1.54) is 10.6 Å². The number of H-pyrrole nitrogens is 1. The third kappa shape index (κ3) is 3.68. The van der Waals surface area contributed by atoms with Crippen molar-refractivity contribution in [3.05, 3.63) is 30.6 Å². The molecule has 0 saturated carbocycles. The third-order valence-electron chi connectivity index (χ3n) is 3.99. The van der Waals surface area contributed by atoms with Crippen molar-refractivity contribution in [1.82, 2.24) is 19.5 Å². The van der Waals surface area contributed by atoms with E-state index in [4.69, 9.17) is 9.47 Å². The van der Waals surface area contributed by atoms with Gasteiger partial charge in [0.2, 0.25) is 0 Å². The summed E-state index contributed by atoms with van der Waals surface area (Å²) in [5.41, 5.74) is 0. The summed E-state index contributed by atoms with van der Waals surface area (Å²) in [7, 11) is -2.01. The van der Waals surface area contributed by atoms with E-state index in [1.807, 2.05) is 24.3 Å². The molecule has 3 rings (SSSR count). The highest BCUT2D eigenvalue weighted by Gasteiger charge is 2.32. The summed E-state index contributed by atoms with van der Waals surface area (Å²) in [6, 6.07) is 7.37. The number of aromatic nitrogens is 3. The van der Waals surface area contributed by atoms with Gasteiger partial charge in [-0.3, -0.25) is 0 Å². The molecule has 1 saturated heterocycles. The molecule has 1 unspecified atom stereocenters. The molecule has 0 bridgehead atoms. The van der Waals surface area contributed by atoms with Crippen molar-refractivity contribution in [1.29, 1.82) is 0 Å². The Bertz CT molecular complexity index is 764. The van der Waals surface area contributed by atoms with Gasteiger partial charge in [-0.1, -0.05) is 6.07 Å². The van der Waals surface area contributed by atoms with Crippen LogP contribution in [-0.2, 0) is 10.0 Å². The maximum atomic E-state index is 12.5. The van der Waals surface area contributed by atoms with Crippen LogP contribution in [0.5, 0.6) is 11.5 Å². The standard InChI is InChI=1S/C15H20N4O4S/c1-22-13-5-2-6-14(8-13)23-10-12-4-3-7-19(9-12)24(20,21)15-16-11-17-18-15/h2,5-6,8,11-12H,3-4,7,9-10H2,1H3,(H,16,17,18). The van der Waals surface area contributed by atoms with Crippen molar-refractivity contribution in [3.8, 4) is 11.5 Å². The van der Waals surface area contributed by atoms with Gasteiger partial charge in [-0.2, -0.15) is 9.40 Å². The fourth-order valence-corrected chi connectivity index (χ4v) is 4.10. The Morgan fingerprint density at radius 3 is 2.96 bits per heavy atom. The van der Waals surface area contributed by atoms with E-state index in [0.717, 1.165) is 18.6 Å². The molecule has 2 heterocycles. The van der Waals surface area contributed by atoms with E-state index >= 15 is 0 Å². The molecule has 1 aromatic carbocycles. The zero-order valence-corrected chi connectivity index (χ0v) is 14.2. The second-order valence-corrected chi connectivity index (χ2v) is 7.51. The molecule has 1 atom stereocenters. The number of sulfonamides is 1. The number of piperidine rings is 1. The molecule has 8 nitrogen and oxygen atoms in total. The molecular formula is C15H20N4O4S. The number of nitrogens with one attached hydrogen (secondary N) is 1. The molecule has 2 aromatic rings. The minimum absolute atomic E-state index is 0.114. The Balaban J connectivity index is 1.61. The van der Waals surface area contributed by atoms with Gasteiger partial charge in [0.1, 0.15) is 17.8 Å². The maximum absolute atomic E-state index is 12.5. The van der Waals surface area contributed by atoms with E-state index in [0.29, 0.717) is 25.4 Å². The van der Waals surface area contributed by atoms with Crippen molar-refractivity contribution in [2.75, 3.05) is 26.8 Å². The highest BCUT2D eigenvalue weighted by atomic mass is 32.2. The molecule has 0 spiro atoms. The molecule has 1 aliphatic rings. The number of benzene rings is 1. The lowest BCUT2D eigenvalue weighted by Gasteiger charge is -2.31. The molecule has 0 amide bonds. The molecule has 130 valence electrons. The number of methoxy groups -OCH3 is 1. The normalized spacial score (nSPS) is 19.1. The SMILES string of the molecule is COc1cccc(OCC2CCCN(S(=O)(=O)c3ncn[nH]3)C2)c1. The lowest BCUT2D eigenvalue weighted by atomic mass is 10.0. The van der Waals surface area contributed by atoms with E-state index in [1.54, 1.807) is 7.11 Å². The van der Waals surface area contributed by atoms with Crippen molar-refractivity contribution in [2.24, 2.45) is 5.92 Å². The highest BCUT2D eigenvalue weighted by Crippen LogP contribution is 2.24. The largest absolute Gasteiger partial charge is 0.497 e. The van der Waals surface area contributed by atoms with Gasteiger partial charge in [0, 0.05) is 25.1 Å². The van der Waals surface area contributed by atoms with Crippen molar-refractivity contribution in [3.63, 3.8) is 0 Å². The van der Waals surface area contributed by atoms with Gasteiger partial charge >= 0.3 is 0 Å².